The average Bonchev–Trinajstić information content (AvgIpc) is 2.72. The third-order valence-corrected chi connectivity index (χ3v) is 4.61. The Kier molecular flexibility index (Phi) is 12.1. The van der Waals surface area contributed by atoms with Crippen molar-refractivity contribution in [2.24, 2.45) is 15.4 Å². The Morgan fingerprint density at radius 2 is 2.03 bits per heavy atom. The van der Waals surface area contributed by atoms with Crippen molar-refractivity contribution < 1.29 is 9.57 Å². The van der Waals surface area contributed by atoms with E-state index in [1.54, 1.807) is 7.11 Å². The molecule has 0 aliphatic rings. The van der Waals surface area contributed by atoms with Gasteiger partial charge in [-0.3, -0.25) is 15.3 Å². The number of hydroxylamine groups is 1. The van der Waals surface area contributed by atoms with Crippen LogP contribution in [-0.2, 0) is 11.3 Å². The summed E-state index contributed by atoms with van der Waals surface area (Å²) in [4.78, 5) is 13.0. The van der Waals surface area contributed by atoms with E-state index in [1.807, 2.05) is 30.4 Å². The highest BCUT2D eigenvalue weighted by Crippen LogP contribution is 2.33. The molecule has 0 saturated carbocycles. The first-order chi connectivity index (χ1) is 14.7. The number of amidine groups is 1. The lowest BCUT2D eigenvalue weighted by molar-refractivity contribution is 0.143. The second kappa shape index (κ2) is 14.0. The summed E-state index contributed by atoms with van der Waals surface area (Å²) in [5, 5.41) is 4.11. The number of halogens is 1. The number of aliphatic imine (C=N–C) groups is 2. The number of hydrogen-bond donors (Lipinski definition) is 2. The van der Waals surface area contributed by atoms with Crippen LogP contribution in [-0.4, -0.2) is 38.8 Å². The van der Waals surface area contributed by atoms with Crippen LogP contribution in [0, 0.1) is 5.41 Å². The van der Waals surface area contributed by atoms with Gasteiger partial charge < -0.3 is 10.1 Å². The van der Waals surface area contributed by atoms with Gasteiger partial charge in [0, 0.05) is 30.4 Å². The Hall–Kier alpha value is -2.22. The third-order valence-electron chi connectivity index (χ3n) is 4.20. The molecule has 0 bridgehead atoms. The van der Waals surface area contributed by atoms with Gasteiger partial charge in [-0.1, -0.05) is 56.7 Å². The number of rotatable bonds is 12. The summed E-state index contributed by atoms with van der Waals surface area (Å²) >= 11 is 11.1. The van der Waals surface area contributed by atoms with E-state index in [4.69, 9.17) is 33.4 Å². The van der Waals surface area contributed by atoms with Crippen LogP contribution in [0.4, 0.5) is 5.69 Å². The largest absolute Gasteiger partial charge is 0.495 e. The summed E-state index contributed by atoms with van der Waals surface area (Å²) in [7, 11) is 3.15. The van der Waals surface area contributed by atoms with Gasteiger partial charge in [-0.05, 0) is 42.7 Å². The molecule has 1 aromatic carbocycles. The molecule has 0 unspecified atom stereocenters. The first kappa shape index (κ1) is 26.8. The van der Waals surface area contributed by atoms with Crippen molar-refractivity contribution in [3.63, 3.8) is 0 Å². The van der Waals surface area contributed by atoms with Crippen LogP contribution in [0.15, 0.2) is 46.0 Å². The Morgan fingerprint density at radius 1 is 1.29 bits per heavy atom. The van der Waals surface area contributed by atoms with Gasteiger partial charge in [0.15, 0.2) is 0 Å². The molecule has 1 rings (SSSR count). The summed E-state index contributed by atoms with van der Waals surface area (Å²) in [6.07, 6.45) is 7.82. The Bertz CT molecular complexity index is 830. The predicted octanol–water partition coefficient (Wildman–Crippen LogP) is 5.78. The SMILES string of the molecule is C=N/C(=C\C=C/CC(=NC=S)NOC)CCc1cc(Cl)c(OC)cc1NCC(C)(C)C. The van der Waals surface area contributed by atoms with E-state index in [2.05, 4.69) is 48.3 Å². The van der Waals surface area contributed by atoms with Gasteiger partial charge in [0.25, 0.3) is 0 Å². The highest BCUT2D eigenvalue weighted by molar-refractivity contribution is 7.78. The van der Waals surface area contributed by atoms with Gasteiger partial charge in [-0.15, -0.1) is 0 Å². The standard InChI is InChI=1S/C23H33ClN4O2S/c1-23(2,3)15-26-20-14-21(29-5)19(24)13-17(20)11-12-18(25-4)9-7-8-10-22(27-16-31)28-30-6/h7-9,13-14,16,26H,4,10-12,15H2,1-3,5-6H3,(H,27,28,31)/b8-7-,18-9-. The fraction of sp³-hybridized carbons (Fsp3) is 0.435. The quantitative estimate of drug-likeness (QED) is 0.135. The molecule has 0 aliphatic carbocycles. The van der Waals surface area contributed by atoms with E-state index in [9.17, 15) is 0 Å². The normalized spacial score (nSPS) is 12.7. The molecule has 0 aromatic heterocycles. The predicted molar refractivity (Wildman–Crippen MR) is 137 cm³/mol. The molecular formula is C23H33ClN4O2S. The number of aryl methyl sites for hydroxylation is 1. The lowest BCUT2D eigenvalue weighted by Crippen LogP contribution is -2.21. The number of methoxy groups -OCH3 is 1. The minimum atomic E-state index is 0.144. The van der Waals surface area contributed by atoms with Crippen LogP contribution in [0.3, 0.4) is 0 Å². The van der Waals surface area contributed by atoms with E-state index >= 15 is 0 Å². The molecule has 0 spiro atoms. The molecule has 31 heavy (non-hydrogen) atoms. The summed E-state index contributed by atoms with van der Waals surface area (Å²) in [5.74, 6) is 1.28. The minimum Gasteiger partial charge on any atom is -0.495 e. The molecule has 170 valence electrons. The molecule has 1 aromatic rings. The van der Waals surface area contributed by atoms with Gasteiger partial charge in [0.2, 0.25) is 0 Å². The van der Waals surface area contributed by atoms with Crippen LogP contribution < -0.4 is 15.5 Å². The highest BCUT2D eigenvalue weighted by Gasteiger charge is 2.14. The molecular weight excluding hydrogens is 432 g/mol. The van der Waals surface area contributed by atoms with Crippen molar-refractivity contribution in [2.75, 3.05) is 26.1 Å². The maximum atomic E-state index is 6.37. The lowest BCUT2D eigenvalue weighted by atomic mass is 9.96. The molecule has 0 heterocycles. The zero-order valence-corrected chi connectivity index (χ0v) is 20.6. The zero-order chi connectivity index (χ0) is 23.3. The molecule has 2 N–H and O–H groups in total. The minimum absolute atomic E-state index is 0.144. The van der Waals surface area contributed by atoms with Gasteiger partial charge in [0.1, 0.15) is 11.6 Å². The van der Waals surface area contributed by atoms with Crippen molar-refractivity contribution in [3.8, 4) is 5.75 Å². The maximum absolute atomic E-state index is 6.37. The number of nitrogens with one attached hydrogen (secondary N) is 2. The van der Waals surface area contributed by atoms with Gasteiger partial charge in [-0.25, -0.2) is 4.99 Å². The molecule has 0 amide bonds. The number of thiocarbonyl (C=S) groups is 1. The molecule has 8 heteroatoms. The van der Waals surface area contributed by atoms with Crippen molar-refractivity contribution >= 4 is 47.6 Å². The number of anilines is 1. The number of hydrogen-bond acceptors (Lipinski definition) is 5. The van der Waals surface area contributed by atoms with Crippen LogP contribution in [0.5, 0.6) is 5.75 Å². The molecule has 0 atom stereocenters. The first-order valence-corrected chi connectivity index (χ1v) is 10.8. The van der Waals surface area contributed by atoms with Crippen molar-refractivity contribution in [2.45, 2.75) is 40.0 Å². The Labute approximate surface area is 196 Å². The molecule has 0 saturated heterocycles. The second-order valence-electron chi connectivity index (χ2n) is 7.99. The Balaban J connectivity index is 2.89. The van der Waals surface area contributed by atoms with Crippen molar-refractivity contribution in [3.05, 3.63) is 46.6 Å². The third kappa shape index (κ3) is 10.6. The zero-order valence-electron chi connectivity index (χ0n) is 19.0. The molecule has 0 aliphatic heterocycles. The van der Waals surface area contributed by atoms with Crippen LogP contribution in [0.1, 0.15) is 39.2 Å². The van der Waals surface area contributed by atoms with Crippen LogP contribution in [0.2, 0.25) is 5.02 Å². The van der Waals surface area contributed by atoms with Gasteiger partial charge in [0.05, 0.1) is 24.7 Å². The number of allylic oxidation sites excluding steroid dienone is 3. The number of nitrogens with zero attached hydrogens (tertiary/aromatic N) is 2. The van der Waals surface area contributed by atoms with Gasteiger partial charge in [-0.2, -0.15) is 0 Å². The van der Waals surface area contributed by atoms with Crippen molar-refractivity contribution in [1.29, 1.82) is 0 Å². The van der Waals surface area contributed by atoms with E-state index in [0.717, 1.165) is 36.3 Å². The molecule has 6 nitrogen and oxygen atoms in total. The lowest BCUT2D eigenvalue weighted by Gasteiger charge is -2.22. The van der Waals surface area contributed by atoms with E-state index < -0.39 is 0 Å². The molecule has 0 radical (unpaired) electrons. The fourth-order valence-electron chi connectivity index (χ4n) is 2.62. The summed E-state index contributed by atoms with van der Waals surface area (Å²) < 4.78 is 5.39. The number of ether oxygens (including phenoxy) is 1. The summed E-state index contributed by atoms with van der Waals surface area (Å²) in [5.41, 5.74) is 7.13. The highest BCUT2D eigenvalue weighted by atomic mass is 35.5. The smallest absolute Gasteiger partial charge is 0.139 e. The second-order valence-corrected chi connectivity index (χ2v) is 8.61. The first-order valence-electron chi connectivity index (χ1n) is 9.96. The summed E-state index contributed by atoms with van der Waals surface area (Å²) in [6.45, 7) is 11.1. The van der Waals surface area contributed by atoms with E-state index in [1.165, 1.54) is 12.6 Å². The molecule has 0 fully saturated rings. The Morgan fingerprint density at radius 3 is 2.61 bits per heavy atom. The van der Waals surface area contributed by atoms with Crippen molar-refractivity contribution in [1.82, 2.24) is 5.48 Å². The van der Waals surface area contributed by atoms with E-state index in [0.29, 0.717) is 23.0 Å². The fourth-order valence-corrected chi connectivity index (χ4v) is 3.01. The maximum Gasteiger partial charge on any atom is 0.139 e. The van der Waals surface area contributed by atoms with Crippen LogP contribution >= 0.6 is 23.8 Å². The van der Waals surface area contributed by atoms with Crippen LogP contribution in [0.25, 0.3) is 0 Å². The monoisotopic (exact) mass is 464 g/mol. The summed E-state index contributed by atoms with van der Waals surface area (Å²) in [6, 6.07) is 3.90. The number of benzene rings is 1. The van der Waals surface area contributed by atoms with Gasteiger partial charge >= 0.3 is 0 Å². The average molecular weight is 465 g/mol. The van der Waals surface area contributed by atoms with E-state index in [-0.39, 0.29) is 5.41 Å². The topological polar surface area (TPSA) is 67.2 Å².